The molecule has 1 saturated carbocycles. The first-order valence-corrected chi connectivity index (χ1v) is 13.0. The molecule has 1 aliphatic carbocycles. The van der Waals surface area contributed by atoms with Gasteiger partial charge in [0.1, 0.15) is 12.3 Å². The molecule has 1 amide bonds. The molecule has 1 aromatic rings. The van der Waals surface area contributed by atoms with Gasteiger partial charge in [-0.1, -0.05) is 89.9 Å². The zero-order valence-electron chi connectivity index (χ0n) is 24.4. The summed E-state index contributed by atoms with van der Waals surface area (Å²) in [5.74, 6) is -0.506. The molecule has 1 aliphatic rings. The Balaban J connectivity index is -0.000000182. The first kappa shape index (κ1) is 40.7. The Kier molecular flexibility index (Phi) is 34.5. The lowest BCUT2D eigenvalue weighted by Gasteiger charge is -2.20. The Morgan fingerprint density at radius 1 is 1.06 bits per heavy atom. The van der Waals surface area contributed by atoms with Crippen molar-refractivity contribution in [2.45, 2.75) is 100 Å². The normalized spacial score (nSPS) is 16.6. The van der Waals surface area contributed by atoms with E-state index < -0.39 is 12.0 Å². The standard InChI is InChI=1S/C7H12O2.C7H8.C6H13NO2.C5H9NO.2C2H6/c8-5-6-2-1-3-7(9)4-6;1-7-5-3-2-4-6-7;1-4(2)5(7-3)6(8)9;1-3-5(2)6-4-7;2*1-2/h5-7,9H,1-4H2;2-6H,1H3;4-5,7H,1-3H3,(H,8,9);3-4H,1-2H3,(H,6,7);2*1-2H3/b;;;5-3+;;/t;;5-;;;/m..0.../s1. The van der Waals surface area contributed by atoms with Crippen LogP contribution < -0.4 is 10.6 Å². The van der Waals surface area contributed by atoms with Gasteiger partial charge in [-0.2, -0.15) is 0 Å². The van der Waals surface area contributed by atoms with Crippen LogP contribution in [0.25, 0.3) is 0 Å². The zero-order chi connectivity index (χ0) is 28.9. The average molecular weight is 511 g/mol. The van der Waals surface area contributed by atoms with E-state index in [0.29, 0.717) is 12.8 Å². The molecule has 36 heavy (non-hydrogen) atoms. The van der Waals surface area contributed by atoms with Crippen LogP contribution in [0.5, 0.6) is 0 Å². The zero-order valence-corrected chi connectivity index (χ0v) is 24.4. The molecular weight excluding hydrogens is 456 g/mol. The summed E-state index contributed by atoms with van der Waals surface area (Å²) in [5.41, 5.74) is 2.21. The first-order chi connectivity index (χ1) is 17.1. The number of aryl methyl sites for hydroxylation is 1. The largest absolute Gasteiger partial charge is 0.480 e. The molecular formula is C29H54N2O5. The summed E-state index contributed by atoms with van der Waals surface area (Å²) in [6.07, 6.45) is 6.78. The number of aliphatic hydroxyl groups excluding tert-OH is 1. The fraction of sp³-hybridized carbons (Fsp3) is 0.621. The van der Waals surface area contributed by atoms with E-state index in [1.54, 1.807) is 7.05 Å². The number of likely N-dealkylation sites (N-methyl/N-ethyl adjacent to an activating group) is 1. The fourth-order valence-electron chi connectivity index (χ4n) is 2.78. The van der Waals surface area contributed by atoms with Crippen LogP contribution in [-0.2, 0) is 14.4 Å². The van der Waals surface area contributed by atoms with Crippen molar-refractivity contribution in [3.05, 3.63) is 47.7 Å². The molecule has 0 aromatic heterocycles. The molecule has 1 fully saturated rings. The lowest BCUT2D eigenvalue weighted by atomic mass is 9.88. The maximum absolute atomic E-state index is 10.3. The summed E-state index contributed by atoms with van der Waals surface area (Å²) in [7, 11) is 1.65. The number of carbonyl (C=O) groups is 3. The Morgan fingerprint density at radius 2 is 1.58 bits per heavy atom. The third-order valence-electron chi connectivity index (χ3n) is 4.78. The number of aliphatic carboxylic acids is 1. The van der Waals surface area contributed by atoms with Gasteiger partial charge >= 0.3 is 5.97 Å². The molecule has 4 N–H and O–H groups in total. The summed E-state index contributed by atoms with van der Waals surface area (Å²) in [6, 6.07) is 9.85. The second kappa shape index (κ2) is 30.5. The highest BCUT2D eigenvalue weighted by Crippen LogP contribution is 2.21. The van der Waals surface area contributed by atoms with Gasteiger partial charge in [-0.15, -0.1) is 0 Å². The molecule has 7 heteroatoms. The number of allylic oxidation sites excluding steroid dienone is 2. The summed E-state index contributed by atoms with van der Waals surface area (Å²) in [4.78, 5) is 30.1. The topological polar surface area (TPSA) is 116 Å². The van der Waals surface area contributed by atoms with Crippen LogP contribution in [0.1, 0.15) is 86.6 Å². The molecule has 7 nitrogen and oxygen atoms in total. The van der Waals surface area contributed by atoms with E-state index >= 15 is 0 Å². The molecule has 0 saturated heterocycles. The molecule has 0 aliphatic heterocycles. The van der Waals surface area contributed by atoms with E-state index in [1.807, 2.05) is 79.7 Å². The van der Waals surface area contributed by atoms with Gasteiger partial charge in [-0.3, -0.25) is 9.59 Å². The number of nitrogens with one attached hydrogen (secondary N) is 2. The number of carboxylic acid groups (broad SMARTS) is 1. The lowest BCUT2D eigenvalue weighted by Crippen LogP contribution is -2.38. The highest BCUT2D eigenvalue weighted by Gasteiger charge is 2.19. The summed E-state index contributed by atoms with van der Waals surface area (Å²) < 4.78 is 0. The minimum Gasteiger partial charge on any atom is -0.480 e. The third kappa shape index (κ3) is 27.7. The van der Waals surface area contributed by atoms with Crippen molar-refractivity contribution in [3.8, 4) is 0 Å². The summed E-state index contributed by atoms with van der Waals surface area (Å²) >= 11 is 0. The van der Waals surface area contributed by atoms with Crippen LogP contribution >= 0.6 is 0 Å². The van der Waals surface area contributed by atoms with Crippen LogP contribution in [0.2, 0.25) is 0 Å². The Labute approximate surface area is 220 Å². The van der Waals surface area contributed by atoms with Gasteiger partial charge < -0.3 is 25.6 Å². The van der Waals surface area contributed by atoms with Crippen molar-refractivity contribution in [2.75, 3.05) is 7.05 Å². The predicted molar refractivity (Wildman–Crippen MR) is 152 cm³/mol. The van der Waals surface area contributed by atoms with E-state index in [0.717, 1.165) is 31.2 Å². The predicted octanol–water partition coefficient (Wildman–Crippen LogP) is 5.75. The fourth-order valence-corrected chi connectivity index (χ4v) is 2.78. The highest BCUT2D eigenvalue weighted by molar-refractivity contribution is 5.73. The van der Waals surface area contributed by atoms with Crippen molar-refractivity contribution in [1.82, 2.24) is 10.6 Å². The molecule has 210 valence electrons. The third-order valence-corrected chi connectivity index (χ3v) is 4.78. The smallest absolute Gasteiger partial charge is 0.320 e. The number of hydrogen-bond donors (Lipinski definition) is 4. The van der Waals surface area contributed by atoms with Gasteiger partial charge in [0.15, 0.2) is 0 Å². The number of aldehydes is 1. The minimum atomic E-state index is -0.785. The van der Waals surface area contributed by atoms with E-state index in [1.165, 1.54) is 5.56 Å². The highest BCUT2D eigenvalue weighted by atomic mass is 16.4. The molecule has 0 bridgehead atoms. The first-order valence-electron chi connectivity index (χ1n) is 13.0. The summed E-state index contributed by atoms with van der Waals surface area (Å²) in [6.45, 7) is 17.5. The second-order valence-electron chi connectivity index (χ2n) is 7.95. The number of amides is 1. The quantitative estimate of drug-likeness (QED) is 0.362. The Morgan fingerprint density at radius 3 is 1.78 bits per heavy atom. The molecule has 0 spiro atoms. The lowest BCUT2D eigenvalue weighted by molar-refractivity contribution is -0.140. The SMILES string of the molecule is C/C=C(\C)NC=O.CC.CC.CN[C@H](C(=O)O)C(C)C.Cc1ccccc1.O=CC1CCCC(O)C1. The monoisotopic (exact) mass is 510 g/mol. The van der Waals surface area contributed by atoms with Crippen LogP contribution in [0.3, 0.4) is 0 Å². The van der Waals surface area contributed by atoms with Crippen molar-refractivity contribution in [2.24, 2.45) is 11.8 Å². The van der Waals surface area contributed by atoms with E-state index in [2.05, 4.69) is 29.7 Å². The van der Waals surface area contributed by atoms with E-state index in [4.69, 9.17) is 10.2 Å². The maximum atomic E-state index is 10.3. The maximum Gasteiger partial charge on any atom is 0.320 e. The van der Waals surface area contributed by atoms with Crippen molar-refractivity contribution in [1.29, 1.82) is 0 Å². The van der Waals surface area contributed by atoms with Crippen LogP contribution in [0.15, 0.2) is 42.1 Å². The van der Waals surface area contributed by atoms with Crippen LogP contribution in [-0.4, -0.2) is 48.1 Å². The minimum absolute atomic E-state index is 0.133. The van der Waals surface area contributed by atoms with Gasteiger partial charge in [0.25, 0.3) is 0 Å². The van der Waals surface area contributed by atoms with Gasteiger partial charge in [-0.25, -0.2) is 0 Å². The molecule has 1 aromatic carbocycles. The number of aliphatic hydroxyl groups is 1. The van der Waals surface area contributed by atoms with Crippen LogP contribution in [0.4, 0.5) is 0 Å². The molecule has 2 rings (SSSR count). The Hall–Kier alpha value is -2.51. The van der Waals surface area contributed by atoms with Crippen LogP contribution in [0, 0.1) is 18.8 Å². The summed E-state index contributed by atoms with van der Waals surface area (Å²) in [5, 5.41) is 22.7. The number of rotatable bonds is 6. The van der Waals surface area contributed by atoms with Crippen molar-refractivity contribution < 1.29 is 24.6 Å². The number of hydrogen-bond acceptors (Lipinski definition) is 5. The molecule has 0 heterocycles. The van der Waals surface area contributed by atoms with Crippen molar-refractivity contribution >= 4 is 18.7 Å². The van der Waals surface area contributed by atoms with E-state index in [-0.39, 0.29) is 17.9 Å². The number of carboxylic acids is 1. The van der Waals surface area contributed by atoms with Gasteiger partial charge in [0, 0.05) is 11.6 Å². The number of carbonyl (C=O) groups excluding carboxylic acids is 2. The van der Waals surface area contributed by atoms with Gasteiger partial charge in [0.2, 0.25) is 6.41 Å². The van der Waals surface area contributed by atoms with Crippen molar-refractivity contribution in [3.63, 3.8) is 0 Å². The van der Waals surface area contributed by atoms with Gasteiger partial charge in [-0.05, 0) is 53.0 Å². The Bertz CT molecular complexity index is 648. The average Bonchev–Trinajstić information content (AvgIpc) is 2.88. The molecule has 2 unspecified atom stereocenters. The van der Waals surface area contributed by atoms with E-state index in [9.17, 15) is 14.4 Å². The number of benzene rings is 1. The second-order valence-corrected chi connectivity index (χ2v) is 7.95. The van der Waals surface area contributed by atoms with Gasteiger partial charge in [0.05, 0.1) is 6.10 Å². The molecule has 3 atom stereocenters. The molecule has 0 radical (unpaired) electrons.